The second-order valence-electron chi connectivity index (χ2n) is 4.21. The van der Waals surface area contributed by atoms with E-state index in [4.69, 9.17) is 0 Å². The van der Waals surface area contributed by atoms with Crippen molar-refractivity contribution < 1.29 is 18.0 Å². The lowest BCUT2D eigenvalue weighted by molar-refractivity contribution is -0.137. The number of carbonyl (C=O) groups excluding carboxylic acids is 1. The van der Waals surface area contributed by atoms with Crippen LogP contribution < -0.4 is 0 Å². The number of halogens is 3. The van der Waals surface area contributed by atoms with Gasteiger partial charge in [0.2, 0.25) is 0 Å². The van der Waals surface area contributed by atoms with Crippen molar-refractivity contribution in [3.05, 3.63) is 57.3 Å². The van der Waals surface area contributed by atoms with Gasteiger partial charge in [-0.1, -0.05) is 18.2 Å². The van der Waals surface area contributed by atoms with Crippen LogP contribution in [0.1, 0.15) is 25.7 Å². The summed E-state index contributed by atoms with van der Waals surface area (Å²) in [6, 6.07) is 8.42. The molecule has 0 aliphatic heterocycles. The number of carbonyl (C=O) groups is 1. The van der Waals surface area contributed by atoms with Gasteiger partial charge in [-0.2, -0.15) is 13.2 Å². The maximum atomic E-state index is 12.5. The van der Waals surface area contributed by atoms with Gasteiger partial charge < -0.3 is 0 Å². The number of Topliss-reactive ketones (excluding diaryl/α,β-unsaturated/α-hetero) is 1. The Morgan fingerprint density at radius 1 is 1.21 bits per heavy atom. The molecule has 1 heterocycles. The maximum absolute atomic E-state index is 12.5. The van der Waals surface area contributed by atoms with E-state index in [1.165, 1.54) is 23.5 Å². The van der Waals surface area contributed by atoms with Crippen LogP contribution in [0.5, 0.6) is 0 Å². The first-order valence-electron chi connectivity index (χ1n) is 5.62. The van der Waals surface area contributed by atoms with Crippen molar-refractivity contribution in [2.75, 3.05) is 0 Å². The van der Waals surface area contributed by atoms with E-state index in [1.807, 2.05) is 13.0 Å². The van der Waals surface area contributed by atoms with E-state index in [2.05, 4.69) is 0 Å². The second-order valence-corrected chi connectivity index (χ2v) is 5.50. The van der Waals surface area contributed by atoms with E-state index in [-0.39, 0.29) is 12.2 Å². The molecule has 0 radical (unpaired) electrons. The van der Waals surface area contributed by atoms with Crippen LogP contribution in [-0.4, -0.2) is 5.78 Å². The van der Waals surface area contributed by atoms with Crippen LogP contribution in [0, 0.1) is 6.92 Å². The minimum atomic E-state index is -4.38. The molecule has 0 amide bonds. The number of benzene rings is 1. The van der Waals surface area contributed by atoms with Gasteiger partial charge in [-0.15, -0.1) is 11.3 Å². The summed E-state index contributed by atoms with van der Waals surface area (Å²) in [7, 11) is 0. The lowest BCUT2D eigenvalue weighted by atomic mass is 10.0. The fraction of sp³-hybridized carbons (Fsp3) is 0.214. The van der Waals surface area contributed by atoms with E-state index < -0.39 is 11.7 Å². The largest absolute Gasteiger partial charge is 0.416 e. The van der Waals surface area contributed by atoms with E-state index in [1.54, 1.807) is 6.07 Å². The van der Waals surface area contributed by atoms with Crippen molar-refractivity contribution in [3.63, 3.8) is 0 Å². The van der Waals surface area contributed by atoms with Gasteiger partial charge in [0.1, 0.15) is 0 Å². The maximum Gasteiger partial charge on any atom is 0.416 e. The van der Waals surface area contributed by atoms with Gasteiger partial charge in [-0.25, -0.2) is 0 Å². The standard InChI is InChI=1S/C14H11F3OS/c1-9-5-6-13(19-9)12(18)8-10-3-2-4-11(7-10)14(15,16)17/h2-7H,8H2,1H3. The molecular weight excluding hydrogens is 273 g/mol. The minimum absolute atomic E-state index is 0.0100. The summed E-state index contributed by atoms with van der Waals surface area (Å²) in [4.78, 5) is 13.5. The molecule has 0 aliphatic carbocycles. The molecule has 0 unspecified atom stereocenters. The molecule has 0 atom stereocenters. The SMILES string of the molecule is Cc1ccc(C(=O)Cc2cccc(C(F)(F)F)c2)s1. The van der Waals surface area contributed by atoms with Gasteiger partial charge in [0.25, 0.3) is 0 Å². The van der Waals surface area contributed by atoms with Crippen LogP contribution in [-0.2, 0) is 12.6 Å². The van der Waals surface area contributed by atoms with Crippen molar-refractivity contribution in [1.29, 1.82) is 0 Å². The predicted octanol–water partition coefficient (Wildman–Crippen LogP) is 4.50. The molecule has 0 N–H and O–H groups in total. The summed E-state index contributed by atoms with van der Waals surface area (Å²) in [5.74, 6) is -0.155. The van der Waals surface area contributed by atoms with Crippen molar-refractivity contribution in [2.24, 2.45) is 0 Å². The molecule has 2 rings (SSSR count). The lowest BCUT2D eigenvalue weighted by Gasteiger charge is -2.08. The zero-order valence-corrected chi connectivity index (χ0v) is 10.9. The highest BCUT2D eigenvalue weighted by atomic mass is 32.1. The summed E-state index contributed by atoms with van der Waals surface area (Å²) in [6.45, 7) is 1.88. The van der Waals surface area contributed by atoms with Gasteiger partial charge in [0.15, 0.2) is 5.78 Å². The van der Waals surface area contributed by atoms with Crippen LogP contribution in [0.2, 0.25) is 0 Å². The highest BCUT2D eigenvalue weighted by Gasteiger charge is 2.30. The molecule has 0 aliphatic rings. The van der Waals surface area contributed by atoms with Gasteiger partial charge >= 0.3 is 6.18 Å². The average molecular weight is 284 g/mol. The molecule has 1 nitrogen and oxygen atoms in total. The third kappa shape index (κ3) is 3.44. The molecule has 5 heteroatoms. The molecule has 0 bridgehead atoms. The second kappa shape index (κ2) is 5.17. The Labute approximate surface area is 112 Å². The monoisotopic (exact) mass is 284 g/mol. The minimum Gasteiger partial charge on any atom is -0.293 e. The van der Waals surface area contributed by atoms with Crippen molar-refractivity contribution >= 4 is 17.1 Å². The highest BCUT2D eigenvalue weighted by Crippen LogP contribution is 2.30. The van der Waals surface area contributed by atoms with Gasteiger partial charge in [-0.3, -0.25) is 4.79 Å². The predicted molar refractivity (Wildman–Crippen MR) is 68.5 cm³/mol. The molecule has 1 aromatic heterocycles. The first kappa shape index (κ1) is 13.8. The van der Waals surface area contributed by atoms with E-state index in [0.29, 0.717) is 10.4 Å². The molecule has 1 aromatic carbocycles. The molecule has 100 valence electrons. The fourth-order valence-electron chi connectivity index (χ4n) is 1.71. The smallest absolute Gasteiger partial charge is 0.293 e. The van der Waals surface area contributed by atoms with E-state index >= 15 is 0 Å². The van der Waals surface area contributed by atoms with Crippen molar-refractivity contribution in [1.82, 2.24) is 0 Å². The van der Waals surface area contributed by atoms with Crippen molar-refractivity contribution in [2.45, 2.75) is 19.5 Å². The number of thiophene rings is 1. The topological polar surface area (TPSA) is 17.1 Å². The first-order chi connectivity index (χ1) is 8.86. The molecular formula is C14H11F3OS. The zero-order chi connectivity index (χ0) is 14.0. The molecule has 0 spiro atoms. The third-order valence-corrected chi connectivity index (χ3v) is 3.68. The Kier molecular flexibility index (Phi) is 3.75. The first-order valence-corrected chi connectivity index (χ1v) is 6.43. The normalized spacial score (nSPS) is 11.6. The number of hydrogen-bond acceptors (Lipinski definition) is 2. The number of alkyl halides is 3. The van der Waals surface area contributed by atoms with E-state index in [9.17, 15) is 18.0 Å². The number of hydrogen-bond donors (Lipinski definition) is 0. The van der Waals surface area contributed by atoms with E-state index in [0.717, 1.165) is 17.0 Å². The van der Waals surface area contributed by atoms with Gasteiger partial charge in [0, 0.05) is 11.3 Å². The quantitative estimate of drug-likeness (QED) is 0.758. The molecule has 0 saturated carbocycles. The Balaban J connectivity index is 2.18. The van der Waals surface area contributed by atoms with Crippen LogP contribution >= 0.6 is 11.3 Å². The molecule has 19 heavy (non-hydrogen) atoms. The highest BCUT2D eigenvalue weighted by molar-refractivity contribution is 7.14. The number of aryl methyl sites for hydroxylation is 1. The summed E-state index contributed by atoms with van der Waals surface area (Å²) in [5.41, 5.74) is -0.342. The Bertz CT molecular complexity index is 599. The number of ketones is 1. The van der Waals surface area contributed by atoms with Crippen LogP contribution in [0.25, 0.3) is 0 Å². The molecule has 0 fully saturated rings. The Hall–Kier alpha value is -1.62. The molecule has 2 aromatic rings. The van der Waals surface area contributed by atoms with Crippen LogP contribution in [0.4, 0.5) is 13.2 Å². The third-order valence-electron chi connectivity index (χ3n) is 2.63. The summed E-state index contributed by atoms with van der Waals surface area (Å²) >= 11 is 1.35. The summed E-state index contributed by atoms with van der Waals surface area (Å²) in [6.07, 6.45) is -4.39. The Morgan fingerprint density at radius 2 is 1.95 bits per heavy atom. The molecule has 0 saturated heterocycles. The Morgan fingerprint density at radius 3 is 2.53 bits per heavy atom. The number of rotatable bonds is 3. The average Bonchev–Trinajstić information content (AvgIpc) is 2.75. The van der Waals surface area contributed by atoms with Crippen molar-refractivity contribution in [3.8, 4) is 0 Å². The summed E-state index contributed by atoms with van der Waals surface area (Å²) < 4.78 is 37.6. The lowest BCUT2D eigenvalue weighted by Crippen LogP contribution is -2.07. The summed E-state index contributed by atoms with van der Waals surface area (Å²) in [5, 5.41) is 0. The van der Waals surface area contributed by atoms with Crippen LogP contribution in [0.15, 0.2) is 36.4 Å². The fourth-order valence-corrected chi connectivity index (χ4v) is 2.52. The van der Waals surface area contributed by atoms with Gasteiger partial charge in [0.05, 0.1) is 10.4 Å². The van der Waals surface area contributed by atoms with Gasteiger partial charge in [-0.05, 0) is 30.7 Å². The zero-order valence-electron chi connectivity index (χ0n) is 10.1. The van der Waals surface area contributed by atoms with Crippen LogP contribution in [0.3, 0.4) is 0 Å².